The number of amides is 2. The third-order valence-electron chi connectivity index (χ3n) is 2.93. The van der Waals surface area contributed by atoms with E-state index in [4.69, 9.17) is 9.84 Å². The Bertz CT molecular complexity index is 340. The summed E-state index contributed by atoms with van der Waals surface area (Å²) >= 11 is 0. The van der Waals surface area contributed by atoms with E-state index in [2.05, 4.69) is 5.32 Å². The molecule has 3 N–H and O–H groups in total. The van der Waals surface area contributed by atoms with E-state index in [1.165, 1.54) is 0 Å². The molecular formula is C11H20N2O5. The van der Waals surface area contributed by atoms with Crippen molar-refractivity contribution in [2.24, 2.45) is 0 Å². The second kappa shape index (κ2) is 5.11. The van der Waals surface area contributed by atoms with Crippen LogP contribution in [0.25, 0.3) is 0 Å². The molecule has 1 unspecified atom stereocenters. The summed E-state index contributed by atoms with van der Waals surface area (Å²) < 4.78 is 5.28. The van der Waals surface area contributed by atoms with E-state index < -0.39 is 23.1 Å². The maximum Gasteiger partial charge on any atom is 0.337 e. The number of ether oxygens (including phenoxy) is 1. The second-order valence-corrected chi connectivity index (χ2v) is 5.25. The molecule has 0 aromatic rings. The molecule has 18 heavy (non-hydrogen) atoms. The van der Waals surface area contributed by atoms with Crippen molar-refractivity contribution in [1.82, 2.24) is 10.2 Å². The second-order valence-electron chi connectivity index (χ2n) is 5.25. The van der Waals surface area contributed by atoms with E-state index in [0.717, 1.165) is 6.92 Å². The van der Waals surface area contributed by atoms with E-state index in [1.807, 2.05) is 13.8 Å². The zero-order valence-electron chi connectivity index (χ0n) is 10.9. The van der Waals surface area contributed by atoms with Crippen LogP contribution in [-0.4, -0.2) is 64.6 Å². The van der Waals surface area contributed by atoms with Crippen molar-refractivity contribution < 1.29 is 24.5 Å². The molecule has 0 aliphatic carbocycles. The summed E-state index contributed by atoms with van der Waals surface area (Å²) in [5, 5.41) is 20.7. The first kappa shape index (κ1) is 14.7. The van der Waals surface area contributed by atoms with Gasteiger partial charge < -0.3 is 25.2 Å². The Morgan fingerprint density at radius 3 is 2.61 bits per heavy atom. The lowest BCUT2D eigenvalue weighted by molar-refractivity contribution is -0.155. The SMILES string of the molecule is CC(O)(CNC(=O)N1CCOCC1(C)C)C(=O)O. The van der Waals surface area contributed by atoms with Crippen LogP contribution in [0.5, 0.6) is 0 Å². The first-order valence-electron chi connectivity index (χ1n) is 5.76. The highest BCUT2D eigenvalue weighted by molar-refractivity contribution is 5.79. The van der Waals surface area contributed by atoms with Gasteiger partial charge in [0.1, 0.15) is 0 Å². The number of morpholine rings is 1. The summed E-state index contributed by atoms with van der Waals surface area (Å²) in [6, 6.07) is -0.398. The molecule has 0 aromatic carbocycles. The fourth-order valence-electron chi connectivity index (χ4n) is 1.65. The summed E-state index contributed by atoms with van der Waals surface area (Å²) in [7, 11) is 0. The fourth-order valence-corrected chi connectivity index (χ4v) is 1.65. The topological polar surface area (TPSA) is 99.1 Å². The Balaban J connectivity index is 2.58. The zero-order valence-corrected chi connectivity index (χ0v) is 10.9. The van der Waals surface area contributed by atoms with Gasteiger partial charge in [-0.15, -0.1) is 0 Å². The molecular weight excluding hydrogens is 240 g/mol. The molecule has 1 heterocycles. The lowest BCUT2D eigenvalue weighted by Gasteiger charge is -2.42. The van der Waals surface area contributed by atoms with Gasteiger partial charge in [0.2, 0.25) is 0 Å². The highest BCUT2D eigenvalue weighted by Gasteiger charge is 2.36. The Hall–Kier alpha value is -1.34. The summed E-state index contributed by atoms with van der Waals surface area (Å²) in [5.41, 5.74) is -2.41. The van der Waals surface area contributed by atoms with Gasteiger partial charge in [-0.2, -0.15) is 0 Å². The summed E-state index contributed by atoms with van der Waals surface area (Å²) in [6.45, 7) is 5.84. The van der Waals surface area contributed by atoms with Crippen molar-refractivity contribution in [3.8, 4) is 0 Å². The van der Waals surface area contributed by atoms with E-state index in [1.54, 1.807) is 4.90 Å². The van der Waals surface area contributed by atoms with Crippen LogP contribution < -0.4 is 5.32 Å². The third kappa shape index (κ3) is 3.33. The fraction of sp³-hybridized carbons (Fsp3) is 0.818. The molecule has 0 bridgehead atoms. The van der Waals surface area contributed by atoms with Crippen LogP contribution >= 0.6 is 0 Å². The number of hydrogen-bond acceptors (Lipinski definition) is 4. The number of carbonyl (C=O) groups is 2. The van der Waals surface area contributed by atoms with Crippen LogP contribution in [0.15, 0.2) is 0 Å². The number of carboxylic acid groups (broad SMARTS) is 1. The molecule has 0 aromatic heterocycles. The largest absolute Gasteiger partial charge is 0.479 e. The molecule has 1 rings (SSSR count). The lowest BCUT2D eigenvalue weighted by Crippen LogP contribution is -2.60. The van der Waals surface area contributed by atoms with Crippen LogP contribution in [0.1, 0.15) is 20.8 Å². The quantitative estimate of drug-likeness (QED) is 0.643. The summed E-state index contributed by atoms with van der Waals surface area (Å²) in [4.78, 5) is 24.2. The predicted molar refractivity (Wildman–Crippen MR) is 63.3 cm³/mol. The van der Waals surface area contributed by atoms with Gasteiger partial charge in [0.05, 0.1) is 25.3 Å². The molecule has 0 radical (unpaired) electrons. The van der Waals surface area contributed by atoms with E-state index in [9.17, 15) is 14.7 Å². The minimum Gasteiger partial charge on any atom is -0.479 e. The Morgan fingerprint density at radius 2 is 2.11 bits per heavy atom. The van der Waals surface area contributed by atoms with Crippen molar-refractivity contribution in [3.63, 3.8) is 0 Å². The van der Waals surface area contributed by atoms with Crippen LogP contribution in [0, 0.1) is 0 Å². The van der Waals surface area contributed by atoms with Gasteiger partial charge in [0, 0.05) is 6.54 Å². The number of nitrogens with one attached hydrogen (secondary N) is 1. The first-order chi connectivity index (χ1) is 8.17. The average Bonchev–Trinajstić information content (AvgIpc) is 2.25. The normalized spacial score (nSPS) is 22.1. The molecule has 2 amide bonds. The molecule has 1 fully saturated rings. The number of nitrogens with zero attached hydrogens (tertiary/aromatic N) is 1. The number of aliphatic hydroxyl groups is 1. The molecule has 0 saturated carbocycles. The van der Waals surface area contributed by atoms with Gasteiger partial charge >= 0.3 is 12.0 Å². The highest BCUT2D eigenvalue weighted by atomic mass is 16.5. The van der Waals surface area contributed by atoms with Gasteiger partial charge in [-0.1, -0.05) is 0 Å². The monoisotopic (exact) mass is 260 g/mol. The average molecular weight is 260 g/mol. The van der Waals surface area contributed by atoms with Gasteiger partial charge in [-0.05, 0) is 20.8 Å². The van der Waals surface area contributed by atoms with Crippen LogP contribution in [0.2, 0.25) is 0 Å². The Labute approximate surface area is 106 Å². The number of hydrogen-bond donors (Lipinski definition) is 3. The summed E-state index contributed by atoms with van der Waals surface area (Å²) in [6.07, 6.45) is 0. The number of rotatable bonds is 3. The number of urea groups is 1. The number of carboxylic acids is 1. The van der Waals surface area contributed by atoms with E-state index >= 15 is 0 Å². The van der Waals surface area contributed by atoms with Crippen molar-refractivity contribution in [2.75, 3.05) is 26.3 Å². The molecule has 1 aliphatic rings. The Morgan fingerprint density at radius 1 is 1.50 bits per heavy atom. The molecule has 7 nitrogen and oxygen atoms in total. The van der Waals surface area contributed by atoms with Crippen molar-refractivity contribution >= 4 is 12.0 Å². The minimum absolute atomic E-state index is 0.339. The molecule has 1 atom stereocenters. The zero-order chi connectivity index (χ0) is 14.0. The smallest absolute Gasteiger partial charge is 0.337 e. The minimum atomic E-state index is -1.97. The van der Waals surface area contributed by atoms with Gasteiger partial charge in [-0.25, -0.2) is 9.59 Å². The molecule has 7 heteroatoms. The predicted octanol–water partition coefficient (Wildman–Crippen LogP) is -0.358. The van der Waals surface area contributed by atoms with Crippen LogP contribution in [-0.2, 0) is 9.53 Å². The number of carbonyl (C=O) groups excluding carboxylic acids is 1. The maximum atomic E-state index is 11.9. The molecule has 104 valence electrons. The van der Waals surface area contributed by atoms with E-state index in [-0.39, 0.29) is 6.54 Å². The van der Waals surface area contributed by atoms with E-state index in [0.29, 0.717) is 19.8 Å². The van der Waals surface area contributed by atoms with Gasteiger partial charge in [0.25, 0.3) is 0 Å². The van der Waals surface area contributed by atoms with Crippen molar-refractivity contribution in [3.05, 3.63) is 0 Å². The van der Waals surface area contributed by atoms with Crippen LogP contribution in [0.4, 0.5) is 4.79 Å². The first-order valence-corrected chi connectivity index (χ1v) is 5.76. The maximum absolute atomic E-state index is 11.9. The summed E-state index contributed by atoms with van der Waals surface area (Å²) in [5.74, 6) is -1.37. The molecule has 0 spiro atoms. The Kier molecular flexibility index (Phi) is 4.18. The van der Waals surface area contributed by atoms with Crippen molar-refractivity contribution in [2.45, 2.75) is 31.9 Å². The molecule has 1 aliphatic heterocycles. The van der Waals surface area contributed by atoms with Gasteiger partial charge in [-0.3, -0.25) is 0 Å². The van der Waals surface area contributed by atoms with Crippen molar-refractivity contribution in [1.29, 1.82) is 0 Å². The standard InChI is InChI=1S/C11H20N2O5/c1-10(2)7-18-5-4-13(10)9(16)12-6-11(3,17)8(14)15/h17H,4-7H2,1-3H3,(H,12,16)(H,14,15). The third-order valence-corrected chi connectivity index (χ3v) is 2.93. The number of aliphatic carboxylic acids is 1. The highest BCUT2D eigenvalue weighted by Crippen LogP contribution is 2.18. The van der Waals surface area contributed by atoms with Crippen LogP contribution in [0.3, 0.4) is 0 Å². The molecule has 1 saturated heterocycles. The van der Waals surface area contributed by atoms with Gasteiger partial charge in [0.15, 0.2) is 5.60 Å². The lowest BCUT2D eigenvalue weighted by atomic mass is 10.0.